The van der Waals surface area contributed by atoms with E-state index in [2.05, 4.69) is 14.9 Å². The molecule has 1 heterocycles. The van der Waals surface area contributed by atoms with Gasteiger partial charge in [-0.2, -0.15) is 5.10 Å². The molecular weight excluding hydrogens is 285 g/mol. The Balaban J connectivity index is 2.39. The van der Waals surface area contributed by atoms with Crippen LogP contribution in [0.25, 0.3) is 0 Å². The highest BCUT2D eigenvalue weighted by atomic mass is 32.2. The average molecular weight is 299 g/mol. The molecule has 0 aliphatic heterocycles. The molecule has 1 aromatic carbocycles. The van der Waals surface area contributed by atoms with Crippen molar-refractivity contribution in [1.29, 1.82) is 0 Å². The Bertz CT molecular complexity index is 721. The van der Waals surface area contributed by atoms with Crippen LogP contribution in [-0.4, -0.2) is 25.7 Å². The van der Waals surface area contributed by atoms with Gasteiger partial charge in [-0.3, -0.25) is 9.82 Å². The van der Waals surface area contributed by atoms with Gasteiger partial charge in [0.25, 0.3) is 10.0 Å². The summed E-state index contributed by atoms with van der Waals surface area (Å²) in [4.78, 5) is 0.0841. The molecule has 0 unspecified atom stereocenters. The Morgan fingerprint density at radius 2 is 2.05 bits per heavy atom. The second-order valence-electron chi connectivity index (χ2n) is 4.22. The van der Waals surface area contributed by atoms with Gasteiger partial charge in [-0.05, 0) is 26.0 Å². The molecular formula is C12H14FN3O3S. The quantitative estimate of drug-likeness (QED) is 0.904. The van der Waals surface area contributed by atoms with Gasteiger partial charge in [0, 0.05) is 6.07 Å². The third-order valence-electron chi connectivity index (χ3n) is 2.73. The predicted octanol–water partition coefficient (Wildman–Crippen LogP) is 1.98. The monoisotopic (exact) mass is 299 g/mol. The van der Waals surface area contributed by atoms with E-state index in [0.717, 1.165) is 6.07 Å². The maximum atomic E-state index is 13.3. The summed E-state index contributed by atoms with van der Waals surface area (Å²) in [7, 11) is -2.48. The first-order valence-electron chi connectivity index (χ1n) is 5.73. The van der Waals surface area contributed by atoms with Gasteiger partial charge >= 0.3 is 0 Å². The first-order valence-corrected chi connectivity index (χ1v) is 7.21. The van der Waals surface area contributed by atoms with Crippen LogP contribution in [0, 0.1) is 19.7 Å². The second-order valence-corrected chi connectivity index (χ2v) is 5.84. The van der Waals surface area contributed by atoms with E-state index in [0.29, 0.717) is 11.4 Å². The number of benzene rings is 1. The van der Waals surface area contributed by atoms with Crippen molar-refractivity contribution in [2.75, 3.05) is 11.8 Å². The number of anilines is 1. The van der Waals surface area contributed by atoms with Crippen molar-refractivity contribution < 1.29 is 17.5 Å². The molecule has 0 saturated heterocycles. The Morgan fingerprint density at radius 1 is 1.35 bits per heavy atom. The summed E-state index contributed by atoms with van der Waals surface area (Å²) in [5.74, 6) is -0.600. The van der Waals surface area contributed by atoms with Gasteiger partial charge in [0.15, 0.2) is 11.6 Å². The van der Waals surface area contributed by atoms with E-state index in [-0.39, 0.29) is 16.3 Å². The van der Waals surface area contributed by atoms with Crippen molar-refractivity contribution in [2.45, 2.75) is 18.7 Å². The number of aryl methyl sites for hydroxylation is 2. The number of aromatic amines is 1. The van der Waals surface area contributed by atoms with Crippen LogP contribution in [0.2, 0.25) is 0 Å². The zero-order valence-corrected chi connectivity index (χ0v) is 12.0. The van der Waals surface area contributed by atoms with Crippen LogP contribution in [0.4, 0.5) is 10.1 Å². The molecule has 0 aliphatic rings. The fourth-order valence-corrected chi connectivity index (χ4v) is 3.29. The molecule has 2 N–H and O–H groups in total. The Labute approximate surface area is 116 Å². The van der Waals surface area contributed by atoms with Gasteiger partial charge in [0.05, 0.1) is 24.2 Å². The molecule has 8 heteroatoms. The molecule has 2 aromatic rings. The fourth-order valence-electron chi connectivity index (χ4n) is 1.87. The second kappa shape index (κ2) is 5.12. The number of ether oxygens (including phenoxy) is 1. The number of hydrogen-bond donors (Lipinski definition) is 2. The molecule has 0 radical (unpaired) electrons. The van der Waals surface area contributed by atoms with E-state index in [1.807, 2.05) is 0 Å². The topological polar surface area (TPSA) is 84.1 Å². The van der Waals surface area contributed by atoms with Crippen molar-refractivity contribution in [1.82, 2.24) is 10.2 Å². The molecule has 0 saturated carbocycles. The minimum Gasteiger partial charge on any atom is -0.494 e. The summed E-state index contributed by atoms with van der Waals surface area (Å²) >= 11 is 0. The molecule has 6 nitrogen and oxygen atoms in total. The third kappa shape index (κ3) is 2.60. The number of aromatic nitrogens is 2. The minimum absolute atomic E-state index is 0.0363. The number of halogens is 1. The van der Waals surface area contributed by atoms with Crippen LogP contribution in [0.3, 0.4) is 0 Å². The number of nitrogens with one attached hydrogen (secondary N) is 2. The van der Waals surface area contributed by atoms with Crippen LogP contribution in [0.15, 0.2) is 23.1 Å². The van der Waals surface area contributed by atoms with Crippen LogP contribution in [0.1, 0.15) is 11.4 Å². The normalized spacial score (nSPS) is 11.4. The average Bonchev–Trinajstić information content (AvgIpc) is 2.71. The van der Waals surface area contributed by atoms with Crippen molar-refractivity contribution >= 4 is 15.7 Å². The SMILES string of the molecule is COc1cc(NS(=O)(=O)c2c(C)n[nH]c2C)ccc1F. The summed E-state index contributed by atoms with van der Waals surface area (Å²) in [5.41, 5.74) is 1.01. The number of H-pyrrole nitrogens is 1. The third-order valence-corrected chi connectivity index (χ3v) is 4.38. The zero-order valence-electron chi connectivity index (χ0n) is 11.2. The zero-order chi connectivity index (χ0) is 14.9. The molecule has 20 heavy (non-hydrogen) atoms. The van der Waals surface area contributed by atoms with Crippen molar-refractivity contribution in [3.8, 4) is 5.75 Å². The van der Waals surface area contributed by atoms with Crippen LogP contribution in [-0.2, 0) is 10.0 Å². The van der Waals surface area contributed by atoms with E-state index < -0.39 is 15.8 Å². The number of nitrogens with zero attached hydrogens (tertiary/aromatic N) is 1. The van der Waals surface area contributed by atoms with E-state index in [9.17, 15) is 12.8 Å². The molecule has 0 bridgehead atoms. The lowest BCUT2D eigenvalue weighted by atomic mass is 10.3. The molecule has 0 atom stereocenters. The van der Waals surface area contributed by atoms with Gasteiger partial charge in [-0.25, -0.2) is 12.8 Å². The van der Waals surface area contributed by atoms with Crippen LogP contribution in [0.5, 0.6) is 5.75 Å². The minimum atomic E-state index is -3.79. The van der Waals surface area contributed by atoms with E-state index >= 15 is 0 Å². The fraction of sp³-hybridized carbons (Fsp3) is 0.250. The van der Waals surface area contributed by atoms with E-state index in [1.54, 1.807) is 13.8 Å². The first-order chi connectivity index (χ1) is 9.35. The largest absolute Gasteiger partial charge is 0.494 e. The van der Waals surface area contributed by atoms with E-state index in [4.69, 9.17) is 4.74 Å². The Morgan fingerprint density at radius 3 is 2.60 bits per heavy atom. The Kier molecular flexibility index (Phi) is 3.67. The maximum absolute atomic E-state index is 13.3. The van der Waals surface area contributed by atoms with Crippen molar-refractivity contribution in [3.63, 3.8) is 0 Å². The molecule has 2 rings (SSSR count). The summed E-state index contributed by atoms with van der Waals surface area (Å²) in [6.45, 7) is 3.20. The lowest BCUT2D eigenvalue weighted by Crippen LogP contribution is -2.14. The highest BCUT2D eigenvalue weighted by molar-refractivity contribution is 7.92. The lowest BCUT2D eigenvalue weighted by Gasteiger charge is -2.10. The summed E-state index contributed by atoms with van der Waals surface area (Å²) in [5, 5.41) is 6.45. The smallest absolute Gasteiger partial charge is 0.265 e. The number of sulfonamides is 1. The van der Waals surface area contributed by atoms with Gasteiger partial charge in [-0.1, -0.05) is 0 Å². The number of rotatable bonds is 4. The van der Waals surface area contributed by atoms with Crippen molar-refractivity contribution in [2.24, 2.45) is 0 Å². The van der Waals surface area contributed by atoms with Gasteiger partial charge in [0.1, 0.15) is 4.90 Å². The lowest BCUT2D eigenvalue weighted by molar-refractivity contribution is 0.387. The molecule has 0 fully saturated rings. The summed E-state index contributed by atoms with van der Waals surface area (Å²) < 4.78 is 45.0. The maximum Gasteiger partial charge on any atom is 0.265 e. The Hall–Kier alpha value is -2.09. The van der Waals surface area contributed by atoms with Gasteiger partial charge in [0.2, 0.25) is 0 Å². The summed E-state index contributed by atoms with van der Waals surface area (Å²) in [6, 6.07) is 3.73. The molecule has 0 amide bonds. The molecule has 108 valence electrons. The number of hydrogen-bond acceptors (Lipinski definition) is 4. The van der Waals surface area contributed by atoms with Crippen LogP contribution < -0.4 is 9.46 Å². The van der Waals surface area contributed by atoms with Crippen molar-refractivity contribution in [3.05, 3.63) is 35.4 Å². The molecule has 1 aromatic heterocycles. The first kappa shape index (κ1) is 14.3. The van der Waals surface area contributed by atoms with E-state index in [1.165, 1.54) is 19.2 Å². The standard InChI is InChI=1S/C12H14FN3O3S/c1-7-12(8(2)15-14-7)20(17,18)16-9-4-5-10(13)11(6-9)19-3/h4-6,16H,1-3H3,(H,14,15). The summed E-state index contributed by atoms with van der Waals surface area (Å²) in [6.07, 6.45) is 0. The van der Waals surface area contributed by atoms with Gasteiger partial charge < -0.3 is 4.74 Å². The highest BCUT2D eigenvalue weighted by Gasteiger charge is 2.22. The van der Waals surface area contributed by atoms with Crippen LogP contribution >= 0.6 is 0 Å². The van der Waals surface area contributed by atoms with Gasteiger partial charge in [-0.15, -0.1) is 0 Å². The molecule has 0 aliphatic carbocycles. The predicted molar refractivity (Wildman–Crippen MR) is 71.8 cm³/mol. The number of methoxy groups -OCH3 is 1. The highest BCUT2D eigenvalue weighted by Crippen LogP contribution is 2.25. The molecule has 0 spiro atoms.